The molecule has 5 heteroatoms. The molecule has 0 saturated heterocycles. The van der Waals surface area contributed by atoms with E-state index in [1.54, 1.807) is 30.3 Å². The van der Waals surface area contributed by atoms with Gasteiger partial charge in [-0.25, -0.2) is 4.39 Å². The maximum Gasteiger partial charge on any atom is 0.165 e. The zero-order chi connectivity index (χ0) is 15.4. The van der Waals surface area contributed by atoms with Gasteiger partial charge in [0.05, 0.1) is 7.11 Å². The first-order valence-corrected chi connectivity index (χ1v) is 6.89. The number of hydrogen-bond donors (Lipinski definition) is 1. The highest BCUT2D eigenvalue weighted by molar-refractivity contribution is 6.30. The average Bonchev–Trinajstić information content (AvgIpc) is 2.46. The van der Waals surface area contributed by atoms with Crippen molar-refractivity contribution in [3.05, 3.63) is 58.4 Å². The van der Waals surface area contributed by atoms with Crippen LogP contribution in [0, 0.1) is 5.82 Å². The lowest BCUT2D eigenvalue weighted by molar-refractivity contribution is 0.300. The molecule has 0 spiro atoms. The van der Waals surface area contributed by atoms with Crippen molar-refractivity contribution in [1.29, 1.82) is 0 Å². The summed E-state index contributed by atoms with van der Waals surface area (Å²) >= 11 is 5.96. The smallest absolute Gasteiger partial charge is 0.165 e. The van der Waals surface area contributed by atoms with Gasteiger partial charge in [-0.15, -0.1) is 0 Å². The predicted octanol–water partition coefficient (Wildman–Crippen LogP) is 4.09. The maximum atomic E-state index is 13.6. The second-order valence-electron chi connectivity index (χ2n) is 4.73. The number of rotatable bonds is 5. The number of nitrogens with two attached hydrogens (primary N) is 1. The molecule has 2 N–H and O–H groups in total. The van der Waals surface area contributed by atoms with Crippen molar-refractivity contribution in [2.24, 2.45) is 5.73 Å². The zero-order valence-electron chi connectivity index (χ0n) is 11.9. The summed E-state index contributed by atoms with van der Waals surface area (Å²) in [7, 11) is 1.43. The summed E-state index contributed by atoms with van der Waals surface area (Å²) in [5.74, 6) is 0.439. The molecule has 0 saturated carbocycles. The molecule has 0 aliphatic heterocycles. The van der Waals surface area contributed by atoms with E-state index in [4.69, 9.17) is 26.8 Å². The van der Waals surface area contributed by atoms with Gasteiger partial charge < -0.3 is 15.2 Å². The summed E-state index contributed by atoms with van der Waals surface area (Å²) in [4.78, 5) is 0. The molecule has 112 valence electrons. The van der Waals surface area contributed by atoms with Gasteiger partial charge in [-0.1, -0.05) is 17.7 Å². The van der Waals surface area contributed by atoms with Crippen molar-refractivity contribution < 1.29 is 13.9 Å². The van der Waals surface area contributed by atoms with E-state index in [-0.39, 0.29) is 18.4 Å². The fourth-order valence-corrected chi connectivity index (χ4v) is 2.15. The second-order valence-corrected chi connectivity index (χ2v) is 5.16. The van der Waals surface area contributed by atoms with E-state index in [0.717, 1.165) is 5.56 Å². The maximum absolute atomic E-state index is 13.6. The van der Waals surface area contributed by atoms with E-state index >= 15 is 0 Å². The summed E-state index contributed by atoms with van der Waals surface area (Å²) in [6, 6.07) is 9.78. The SMILES string of the molecule is COc1ccc(COc2ccc(Cl)cc2C(C)N)cc1F. The van der Waals surface area contributed by atoms with Crippen molar-refractivity contribution in [1.82, 2.24) is 0 Å². The summed E-state index contributed by atoms with van der Waals surface area (Å²) < 4.78 is 24.2. The number of ether oxygens (including phenoxy) is 2. The first kappa shape index (κ1) is 15.6. The fraction of sp³-hybridized carbons (Fsp3) is 0.250. The Bertz CT molecular complexity index is 632. The molecule has 0 fully saturated rings. The Hall–Kier alpha value is -1.78. The van der Waals surface area contributed by atoms with E-state index in [2.05, 4.69) is 0 Å². The molecule has 2 aromatic carbocycles. The molecule has 0 aliphatic rings. The highest BCUT2D eigenvalue weighted by Crippen LogP contribution is 2.28. The second kappa shape index (κ2) is 6.78. The molecule has 2 rings (SSSR count). The van der Waals surface area contributed by atoms with Gasteiger partial charge in [-0.3, -0.25) is 0 Å². The van der Waals surface area contributed by atoms with E-state index in [1.165, 1.54) is 13.2 Å². The first-order valence-electron chi connectivity index (χ1n) is 6.51. The van der Waals surface area contributed by atoms with Crippen LogP contribution in [-0.2, 0) is 6.61 Å². The van der Waals surface area contributed by atoms with Crippen LogP contribution in [0.25, 0.3) is 0 Å². The van der Waals surface area contributed by atoms with Crippen LogP contribution in [0.5, 0.6) is 11.5 Å². The van der Waals surface area contributed by atoms with Gasteiger partial charge >= 0.3 is 0 Å². The number of halogens is 2. The highest BCUT2D eigenvalue weighted by atomic mass is 35.5. The van der Waals surface area contributed by atoms with Crippen molar-refractivity contribution >= 4 is 11.6 Å². The van der Waals surface area contributed by atoms with E-state index in [0.29, 0.717) is 16.3 Å². The van der Waals surface area contributed by atoms with Crippen LogP contribution >= 0.6 is 11.6 Å². The van der Waals surface area contributed by atoms with Crippen LogP contribution in [0.15, 0.2) is 36.4 Å². The monoisotopic (exact) mass is 309 g/mol. The molecular weight excluding hydrogens is 293 g/mol. The summed E-state index contributed by atoms with van der Waals surface area (Å²) in [5, 5.41) is 0.602. The van der Waals surface area contributed by atoms with Crippen molar-refractivity contribution in [2.75, 3.05) is 7.11 Å². The van der Waals surface area contributed by atoms with Crippen LogP contribution in [0.3, 0.4) is 0 Å². The molecule has 0 heterocycles. The Morgan fingerprint density at radius 3 is 2.52 bits per heavy atom. The molecule has 0 aromatic heterocycles. The molecule has 3 nitrogen and oxygen atoms in total. The van der Waals surface area contributed by atoms with Gasteiger partial charge in [-0.05, 0) is 42.8 Å². The highest BCUT2D eigenvalue weighted by Gasteiger charge is 2.10. The van der Waals surface area contributed by atoms with Crippen molar-refractivity contribution in [3.63, 3.8) is 0 Å². The van der Waals surface area contributed by atoms with Crippen molar-refractivity contribution in [3.8, 4) is 11.5 Å². The van der Waals surface area contributed by atoms with Gasteiger partial charge in [0.15, 0.2) is 11.6 Å². The van der Waals surface area contributed by atoms with E-state index in [1.807, 2.05) is 6.92 Å². The number of hydrogen-bond acceptors (Lipinski definition) is 3. The van der Waals surface area contributed by atoms with Gasteiger partial charge in [-0.2, -0.15) is 0 Å². The molecule has 0 aliphatic carbocycles. The minimum atomic E-state index is -0.415. The predicted molar refractivity (Wildman–Crippen MR) is 81.3 cm³/mol. The molecule has 0 amide bonds. The van der Waals surface area contributed by atoms with Crippen LogP contribution in [0.4, 0.5) is 4.39 Å². The topological polar surface area (TPSA) is 44.5 Å². The quantitative estimate of drug-likeness (QED) is 0.905. The molecule has 21 heavy (non-hydrogen) atoms. The zero-order valence-corrected chi connectivity index (χ0v) is 12.7. The van der Waals surface area contributed by atoms with E-state index < -0.39 is 5.82 Å². The molecule has 1 atom stereocenters. The summed E-state index contributed by atoms with van der Waals surface area (Å²) in [5.41, 5.74) is 7.42. The van der Waals surface area contributed by atoms with Gasteiger partial charge in [0, 0.05) is 16.6 Å². The molecule has 2 aromatic rings. The van der Waals surface area contributed by atoms with Crippen LogP contribution < -0.4 is 15.2 Å². The van der Waals surface area contributed by atoms with Crippen LogP contribution in [-0.4, -0.2) is 7.11 Å². The van der Waals surface area contributed by atoms with Gasteiger partial charge in [0.2, 0.25) is 0 Å². The molecule has 0 radical (unpaired) electrons. The Morgan fingerprint density at radius 1 is 1.19 bits per heavy atom. The van der Waals surface area contributed by atoms with Crippen molar-refractivity contribution in [2.45, 2.75) is 19.6 Å². The first-order chi connectivity index (χ1) is 10.0. The minimum absolute atomic E-state index is 0.202. The third-order valence-corrected chi connectivity index (χ3v) is 3.31. The normalized spacial score (nSPS) is 12.0. The van der Waals surface area contributed by atoms with Gasteiger partial charge in [0.25, 0.3) is 0 Å². The lowest BCUT2D eigenvalue weighted by atomic mass is 10.1. The third-order valence-electron chi connectivity index (χ3n) is 3.07. The minimum Gasteiger partial charge on any atom is -0.494 e. The Morgan fingerprint density at radius 2 is 1.90 bits per heavy atom. The summed E-state index contributed by atoms with van der Waals surface area (Å²) in [6.07, 6.45) is 0. The van der Waals surface area contributed by atoms with Crippen LogP contribution in [0.2, 0.25) is 5.02 Å². The lowest BCUT2D eigenvalue weighted by Crippen LogP contribution is -2.08. The Balaban J connectivity index is 2.15. The lowest BCUT2D eigenvalue weighted by Gasteiger charge is -2.14. The molecule has 1 unspecified atom stereocenters. The third kappa shape index (κ3) is 3.86. The van der Waals surface area contributed by atoms with E-state index in [9.17, 15) is 4.39 Å². The van der Waals surface area contributed by atoms with Crippen LogP contribution in [0.1, 0.15) is 24.1 Å². The van der Waals surface area contributed by atoms with Gasteiger partial charge in [0.1, 0.15) is 12.4 Å². The standard InChI is InChI=1S/C16H17ClFNO2/c1-10(19)13-8-12(17)4-6-15(13)21-9-11-3-5-16(20-2)14(18)7-11/h3-8,10H,9,19H2,1-2H3. The number of benzene rings is 2. The molecule has 0 bridgehead atoms. The largest absolute Gasteiger partial charge is 0.494 e. The summed E-state index contributed by atoms with van der Waals surface area (Å²) in [6.45, 7) is 2.09. The fourth-order valence-electron chi connectivity index (χ4n) is 1.97. The average molecular weight is 310 g/mol. The Labute approximate surface area is 128 Å². The Kier molecular flexibility index (Phi) is 5.04. The molecular formula is C16H17ClFNO2. The number of methoxy groups -OCH3 is 1.